The number of ether oxygens (including phenoxy) is 3. The lowest BCUT2D eigenvalue weighted by Crippen LogP contribution is -2.61. The van der Waals surface area contributed by atoms with E-state index in [1.54, 1.807) is 27.2 Å². The van der Waals surface area contributed by atoms with Gasteiger partial charge in [0.15, 0.2) is 11.3 Å². The van der Waals surface area contributed by atoms with Crippen molar-refractivity contribution in [3.05, 3.63) is 59.9 Å². The molecule has 2 amide bonds. The fourth-order valence-electron chi connectivity index (χ4n) is 3.88. The minimum Gasteiger partial charge on any atom is -0.496 e. The number of carbonyl (C=O) groups is 2. The van der Waals surface area contributed by atoms with Crippen molar-refractivity contribution in [2.75, 3.05) is 34.0 Å². The van der Waals surface area contributed by atoms with Crippen LogP contribution in [0.5, 0.6) is 11.5 Å². The molecule has 0 radical (unpaired) electrons. The minimum absolute atomic E-state index is 0.0310. The zero-order chi connectivity index (χ0) is 22.7. The molecule has 1 atom stereocenters. The lowest BCUT2D eigenvalue weighted by molar-refractivity contribution is -0.133. The molecule has 0 saturated heterocycles. The highest BCUT2D eigenvalue weighted by Gasteiger charge is 2.47. The van der Waals surface area contributed by atoms with Crippen molar-refractivity contribution in [1.29, 1.82) is 0 Å². The lowest BCUT2D eigenvalue weighted by Gasteiger charge is -2.37. The van der Waals surface area contributed by atoms with Crippen LogP contribution in [0.4, 0.5) is 0 Å². The van der Waals surface area contributed by atoms with Crippen LogP contribution in [0.2, 0.25) is 0 Å². The minimum atomic E-state index is -1.28. The maximum atomic E-state index is 13.5. The molecule has 2 heterocycles. The van der Waals surface area contributed by atoms with E-state index < -0.39 is 11.4 Å². The van der Waals surface area contributed by atoms with Gasteiger partial charge in [-0.05, 0) is 25.1 Å². The van der Waals surface area contributed by atoms with E-state index in [-0.39, 0.29) is 38.0 Å². The first-order valence-electron chi connectivity index (χ1n) is 10.3. The Morgan fingerprint density at radius 1 is 1.16 bits per heavy atom. The Labute approximate surface area is 186 Å². The van der Waals surface area contributed by atoms with Crippen LogP contribution in [0.15, 0.2) is 52.9 Å². The topological polar surface area (TPSA) is 90.2 Å². The van der Waals surface area contributed by atoms with Crippen molar-refractivity contribution in [2.45, 2.75) is 19.0 Å². The van der Waals surface area contributed by atoms with Gasteiger partial charge in [0.1, 0.15) is 17.9 Å². The van der Waals surface area contributed by atoms with Gasteiger partial charge in [-0.15, -0.1) is 0 Å². The summed E-state index contributed by atoms with van der Waals surface area (Å²) in [5, 5.41) is 3.63. The highest BCUT2D eigenvalue weighted by Crippen LogP contribution is 2.38. The second kappa shape index (κ2) is 8.92. The Bertz CT molecular complexity index is 1140. The van der Waals surface area contributed by atoms with E-state index in [9.17, 15) is 9.59 Å². The van der Waals surface area contributed by atoms with Gasteiger partial charge in [-0.25, -0.2) is 0 Å². The molecule has 2 aromatic carbocycles. The Balaban J connectivity index is 1.64. The van der Waals surface area contributed by atoms with Gasteiger partial charge in [0.25, 0.3) is 5.91 Å². The SMILES string of the molecule is COCCN1C(=O)c2oc3ccccc3c2OC[C@@]1(C)C(=O)NCc1ccccc1OC. The Morgan fingerprint density at radius 2 is 1.91 bits per heavy atom. The van der Waals surface area contributed by atoms with Crippen molar-refractivity contribution in [3.8, 4) is 11.5 Å². The number of furan rings is 1. The number of benzene rings is 2. The molecule has 0 spiro atoms. The number of hydrogen-bond donors (Lipinski definition) is 1. The molecule has 0 unspecified atom stereocenters. The molecule has 1 aliphatic rings. The lowest BCUT2D eigenvalue weighted by atomic mass is 9.99. The molecule has 0 aliphatic carbocycles. The number of carbonyl (C=O) groups excluding carboxylic acids is 2. The van der Waals surface area contributed by atoms with E-state index in [1.165, 1.54) is 4.90 Å². The molecule has 8 heteroatoms. The number of nitrogens with one attached hydrogen (secondary N) is 1. The van der Waals surface area contributed by atoms with Crippen LogP contribution in [-0.4, -0.2) is 56.2 Å². The summed E-state index contributed by atoms with van der Waals surface area (Å²) < 4.78 is 22.4. The molecule has 0 saturated carbocycles. The molecule has 0 fully saturated rings. The Morgan fingerprint density at radius 3 is 2.69 bits per heavy atom. The van der Waals surface area contributed by atoms with Crippen molar-refractivity contribution >= 4 is 22.8 Å². The van der Waals surface area contributed by atoms with Gasteiger partial charge in [0.05, 0.1) is 19.1 Å². The summed E-state index contributed by atoms with van der Waals surface area (Å²) in [6.45, 7) is 2.37. The monoisotopic (exact) mass is 438 g/mol. The normalized spacial score (nSPS) is 18.1. The average molecular weight is 438 g/mol. The molecular weight excluding hydrogens is 412 g/mol. The zero-order valence-corrected chi connectivity index (χ0v) is 18.3. The van der Waals surface area contributed by atoms with Crippen molar-refractivity contribution in [1.82, 2.24) is 10.2 Å². The summed E-state index contributed by atoms with van der Waals surface area (Å²) >= 11 is 0. The van der Waals surface area contributed by atoms with Crippen LogP contribution in [-0.2, 0) is 16.1 Å². The van der Waals surface area contributed by atoms with E-state index in [1.807, 2.05) is 42.5 Å². The highest BCUT2D eigenvalue weighted by atomic mass is 16.5. The molecular formula is C24H26N2O6. The van der Waals surface area contributed by atoms with Crippen LogP contribution < -0.4 is 14.8 Å². The maximum absolute atomic E-state index is 13.5. The third-order valence-corrected chi connectivity index (χ3v) is 5.72. The number of amides is 2. The van der Waals surface area contributed by atoms with E-state index in [0.29, 0.717) is 22.5 Å². The summed E-state index contributed by atoms with van der Waals surface area (Å²) in [6.07, 6.45) is 0. The van der Waals surface area contributed by atoms with Crippen molar-refractivity contribution in [3.63, 3.8) is 0 Å². The molecule has 1 N–H and O–H groups in total. The average Bonchev–Trinajstić information content (AvgIpc) is 3.15. The Kier molecular flexibility index (Phi) is 6.05. The molecule has 0 bridgehead atoms. The van der Waals surface area contributed by atoms with E-state index in [0.717, 1.165) is 5.56 Å². The van der Waals surface area contributed by atoms with Crippen molar-refractivity contribution in [2.24, 2.45) is 0 Å². The Hall–Kier alpha value is -3.52. The zero-order valence-electron chi connectivity index (χ0n) is 18.3. The van der Waals surface area contributed by atoms with Crippen LogP contribution in [0.3, 0.4) is 0 Å². The summed E-state index contributed by atoms with van der Waals surface area (Å²) in [6, 6.07) is 14.7. The van der Waals surface area contributed by atoms with Crippen LogP contribution >= 0.6 is 0 Å². The largest absolute Gasteiger partial charge is 0.496 e. The van der Waals surface area contributed by atoms with Gasteiger partial charge in [0.2, 0.25) is 11.7 Å². The van der Waals surface area contributed by atoms with Crippen LogP contribution in [0.1, 0.15) is 23.0 Å². The fourth-order valence-corrected chi connectivity index (χ4v) is 3.88. The maximum Gasteiger partial charge on any atom is 0.294 e. The number of methoxy groups -OCH3 is 2. The number of rotatable bonds is 7. The first kappa shape index (κ1) is 21.7. The molecule has 1 aromatic heterocycles. The predicted molar refractivity (Wildman–Crippen MR) is 118 cm³/mol. The highest BCUT2D eigenvalue weighted by molar-refractivity contribution is 6.04. The summed E-state index contributed by atoms with van der Waals surface area (Å²) in [4.78, 5) is 28.4. The van der Waals surface area contributed by atoms with Crippen molar-refractivity contribution < 1.29 is 28.2 Å². The quantitative estimate of drug-likeness (QED) is 0.610. The molecule has 1 aliphatic heterocycles. The second-order valence-electron chi connectivity index (χ2n) is 7.76. The molecule has 32 heavy (non-hydrogen) atoms. The van der Waals surface area contributed by atoms with Gasteiger partial charge >= 0.3 is 0 Å². The molecule has 8 nitrogen and oxygen atoms in total. The molecule has 3 aromatic rings. The summed E-state index contributed by atoms with van der Waals surface area (Å²) in [5.41, 5.74) is 0.108. The summed E-state index contributed by atoms with van der Waals surface area (Å²) in [5.74, 6) is 0.355. The number of para-hydroxylation sites is 2. The standard InChI is InChI=1S/C24H26N2O6/c1-24(23(28)25-14-16-8-4-6-10-18(16)30-3)15-31-20-17-9-5-7-11-19(17)32-21(20)22(27)26(24)12-13-29-2/h4-11H,12-15H2,1-3H3,(H,25,28)/t24-/m0/s1. The van der Waals surface area contributed by atoms with E-state index in [4.69, 9.17) is 18.6 Å². The third kappa shape index (κ3) is 3.78. The van der Waals surface area contributed by atoms with Gasteiger partial charge in [-0.1, -0.05) is 30.3 Å². The first-order valence-corrected chi connectivity index (χ1v) is 10.3. The number of hydrogen-bond acceptors (Lipinski definition) is 6. The predicted octanol–water partition coefficient (Wildman–Crippen LogP) is 3.00. The first-order chi connectivity index (χ1) is 15.5. The second-order valence-corrected chi connectivity index (χ2v) is 7.76. The molecule has 168 valence electrons. The fraction of sp³-hybridized carbons (Fsp3) is 0.333. The van der Waals surface area contributed by atoms with Gasteiger partial charge in [-0.3, -0.25) is 9.59 Å². The van der Waals surface area contributed by atoms with Gasteiger partial charge < -0.3 is 28.8 Å². The summed E-state index contributed by atoms with van der Waals surface area (Å²) in [7, 11) is 3.13. The number of nitrogens with zero attached hydrogens (tertiary/aromatic N) is 1. The van der Waals surface area contributed by atoms with Crippen LogP contribution in [0, 0.1) is 0 Å². The molecule has 4 rings (SSSR count). The third-order valence-electron chi connectivity index (χ3n) is 5.72. The van der Waals surface area contributed by atoms with Crippen LogP contribution in [0.25, 0.3) is 11.0 Å². The van der Waals surface area contributed by atoms with E-state index >= 15 is 0 Å². The van der Waals surface area contributed by atoms with Gasteiger partial charge in [0, 0.05) is 25.8 Å². The van der Waals surface area contributed by atoms with E-state index in [2.05, 4.69) is 5.32 Å². The smallest absolute Gasteiger partial charge is 0.294 e. The van der Waals surface area contributed by atoms with Gasteiger partial charge in [-0.2, -0.15) is 0 Å². The number of fused-ring (bicyclic) bond motifs is 3.